The molecule has 0 aromatic heterocycles. The molecule has 118 valence electrons. The van der Waals surface area contributed by atoms with Crippen LogP contribution in [0.1, 0.15) is 25.7 Å². The van der Waals surface area contributed by atoms with Crippen LogP contribution in [-0.4, -0.2) is 18.4 Å². The molecule has 0 saturated heterocycles. The molecule has 0 atom stereocenters. The van der Waals surface area contributed by atoms with E-state index in [9.17, 15) is 14.0 Å². The van der Waals surface area contributed by atoms with Gasteiger partial charge in [-0.1, -0.05) is 12.1 Å². The second-order valence-electron chi connectivity index (χ2n) is 5.58. The third kappa shape index (κ3) is 4.41. The van der Waals surface area contributed by atoms with Crippen LogP contribution in [0.2, 0.25) is 0 Å². The molecule has 2 N–H and O–H groups in total. The summed E-state index contributed by atoms with van der Waals surface area (Å²) < 4.78 is 13.1. The van der Waals surface area contributed by atoms with Crippen LogP contribution >= 0.6 is 0 Å². The van der Waals surface area contributed by atoms with Crippen LogP contribution in [-0.2, 0) is 9.59 Å². The summed E-state index contributed by atoms with van der Waals surface area (Å²) >= 11 is 0. The number of halogens is 1. The third-order valence-electron chi connectivity index (χ3n) is 3.98. The molecule has 0 radical (unpaired) electrons. The van der Waals surface area contributed by atoms with Crippen molar-refractivity contribution in [2.24, 2.45) is 11.8 Å². The Bertz CT molecular complexity index is 551. The van der Waals surface area contributed by atoms with Crippen molar-refractivity contribution in [3.63, 3.8) is 0 Å². The quantitative estimate of drug-likeness (QED) is 0.822. The van der Waals surface area contributed by atoms with Gasteiger partial charge in [0.1, 0.15) is 5.82 Å². The highest BCUT2D eigenvalue weighted by Crippen LogP contribution is 2.29. The summed E-state index contributed by atoms with van der Waals surface area (Å²) in [6.45, 7) is 4.04. The van der Waals surface area contributed by atoms with Crippen LogP contribution in [0.4, 0.5) is 10.1 Å². The molecule has 0 spiro atoms. The number of carbonyl (C=O) groups excluding carboxylic acids is 2. The zero-order valence-corrected chi connectivity index (χ0v) is 12.5. The lowest BCUT2D eigenvalue weighted by molar-refractivity contribution is -0.128. The predicted octanol–water partition coefficient (Wildman–Crippen LogP) is 2.87. The summed E-state index contributed by atoms with van der Waals surface area (Å²) in [5.74, 6) is -0.593. The van der Waals surface area contributed by atoms with E-state index in [4.69, 9.17) is 0 Å². The van der Waals surface area contributed by atoms with Gasteiger partial charge in [0.15, 0.2) is 0 Å². The number of benzene rings is 1. The van der Waals surface area contributed by atoms with Crippen LogP contribution in [0.15, 0.2) is 36.9 Å². The maximum Gasteiger partial charge on any atom is 0.227 e. The van der Waals surface area contributed by atoms with Gasteiger partial charge in [-0.3, -0.25) is 9.59 Å². The van der Waals surface area contributed by atoms with E-state index in [0.29, 0.717) is 37.9 Å². The van der Waals surface area contributed by atoms with E-state index in [-0.39, 0.29) is 29.5 Å². The van der Waals surface area contributed by atoms with Crippen molar-refractivity contribution < 1.29 is 14.0 Å². The first-order chi connectivity index (χ1) is 10.6. The van der Waals surface area contributed by atoms with Gasteiger partial charge in [0.05, 0.1) is 0 Å². The first-order valence-electron chi connectivity index (χ1n) is 7.55. The smallest absolute Gasteiger partial charge is 0.227 e. The highest BCUT2D eigenvalue weighted by atomic mass is 19.1. The molecule has 2 rings (SSSR count). The van der Waals surface area contributed by atoms with E-state index in [1.165, 1.54) is 12.1 Å². The minimum atomic E-state index is -0.375. The number of carbonyl (C=O) groups is 2. The molecule has 0 heterocycles. The second kappa shape index (κ2) is 7.73. The van der Waals surface area contributed by atoms with E-state index < -0.39 is 0 Å². The van der Waals surface area contributed by atoms with Crippen LogP contribution in [0.3, 0.4) is 0 Å². The highest BCUT2D eigenvalue weighted by molar-refractivity contribution is 5.92. The summed E-state index contributed by atoms with van der Waals surface area (Å²) in [7, 11) is 0. The maximum atomic E-state index is 13.1. The maximum absolute atomic E-state index is 13.1. The molecule has 1 aromatic rings. The van der Waals surface area contributed by atoms with Crippen LogP contribution in [0.25, 0.3) is 0 Å². The molecule has 22 heavy (non-hydrogen) atoms. The summed E-state index contributed by atoms with van der Waals surface area (Å²) in [5.41, 5.74) is 0.468. The van der Waals surface area contributed by atoms with E-state index in [2.05, 4.69) is 17.2 Å². The molecule has 2 amide bonds. The Balaban J connectivity index is 1.82. The molecule has 1 fully saturated rings. The zero-order chi connectivity index (χ0) is 15.9. The average molecular weight is 304 g/mol. The number of hydrogen-bond donors (Lipinski definition) is 2. The Kier molecular flexibility index (Phi) is 5.69. The molecule has 1 aliphatic carbocycles. The van der Waals surface area contributed by atoms with Crippen molar-refractivity contribution in [1.29, 1.82) is 0 Å². The summed E-state index contributed by atoms with van der Waals surface area (Å²) in [6, 6.07) is 5.86. The molecule has 1 aromatic carbocycles. The van der Waals surface area contributed by atoms with E-state index in [0.717, 1.165) is 0 Å². The van der Waals surface area contributed by atoms with Gasteiger partial charge in [-0.15, -0.1) is 6.58 Å². The van der Waals surface area contributed by atoms with Gasteiger partial charge in [-0.25, -0.2) is 4.39 Å². The standard InChI is InChI=1S/C17H21FN2O2/c1-2-10-19-16(21)12-6-8-13(9-7-12)17(22)20-15-5-3-4-14(18)11-15/h2-5,11-13H,1,6-10H2,(H,19,21)(H,20,22). The van der Waals surface area contributed by atoms with Gasteiger partial charge in [0.25, 0.3) is 0 Å². The van der Waals surface area contributed by atoms with Gasteiger partial charge >= 0.3 is 0 Å². The minimum absolute atomic E-state index is 0.0295. The van der Waals surface area contributed by atoms with Crippen molar-refractivity contribution in [2.45, 2.75) is 25.7 Å². The molecule has 1 aliphatic rings. The van der Waals surface area contributed by atoms with E-state index >= 15 is 0 Å². The van der Waals surface area contributed by atoms with Crippen LogP contribution in [0, 0.1) is 17.7 Å². The topological polar surface area (TPSA) is 58.2 Å². The molecule has 4 nitrogen and oxygen atoms in total. The first-order valence-corrected chi connectivity index (χ1v) is 7.55. The Hall–Kier alpha value is -2.17. The minimum Gasteiger partial charge on any atom is -0.352 e. The fourth-order valence-corrected chi connectivity index (χ4v) is 2.75. The normalized spacial score (nSPS) is 21.0. The Morgan fingerprint density at radius 1 is 1.18 bits per heavy atom. The van der Waals surface area contributed by atoms with Crippen LogP contribution < -0.4 is 10.6 Å². The van der Waals surface area contributed by atoms with Crippen molar-refractivity contribution >= 4 is 17.5 Å². The number of rotatable bonds is 5. The van der Waals surface area contributed by atoms with Gasteiger partial charge in [0, 0.05) is 24.1 Å². The predicted molar refractivity (Wildman–Crippen MR) is 83.7 cm³/mol. The molecule has 5 heteroatoms. The third-order valence-corrected chi connectivity index (χ3v) is 3.98. The summed E-state index contributed by atoms with van der Waals surface area (Å²) in [5, 5.41) is 5.53. The Morgan fingerprint density at radius 3 is 2.41 bits per heavy atom. The largest absolute Gasteiger partial charge is 0.352 e. The van der Waals surface area contributed by atoms with Crippen molar-refractivity contribution in [3.05, 3.63) is 42.7 Å². The molecule has 0 aliphatic heterocycles. The molecule has 1 saturated carbocycles. The van der Waals surface area contributed by atoms with Crippen molar-refractivity contribution in [2.75, 3.05) is 11.9 Å². The Morgan fingerprint density at radius 2 is 1.82 bits per heavy atom. The van der Waals surface area contributed by atoms with Gasteiger partial charge < -0.3 is 10.6 Å². The summed E-state index contributed by atoms with van der Waals surface area (Å²) in [4.78, 5) is 24.0. The highest BCUT2D eigenvalue weighted by Gasteiger charge is 2.29. The lowest BCUT2D eigenvalue weighted by atomic mass is 9.81. The van der Waals surface area contributed by atoms with Gasteiger partial charge in [-0.2, -0.15) is 0 Å². The fraction of sp³-hybridized carbons (Fsp3) is 0.412. The summed E-state index contributed by atoms with van der Waals surface area (Å²) in [6.07, 6.45) is 4.39. The van der Waals surface area contributed by atoms with E-state index in [1.807, 2.05) is 0 Å². The molecular weight excluding hydrogens is 283 g/mol. The van der Waals surface area contributed by atoms with Gasteiger partial charge in [0.2, 0.25) is 11.8 Å². The first kappa shape index (κ1) is 16.2. The van der Waals surface area contributed by atoms with Crippen molar-refractivity contribution in [1.82, 2.24) is 5.32 Å². The average Bonchev–Trinajstić information content (AvgIpc) is 2.52. The zero-order valence-electron chi connectivity index (χ0n) is 12.5. The van der Waals surface area contributed by atoms with Crippen LogP contribution in [0.5, 0.6) is 0 Å². The number of nitrogens with one attached hydrogen (secondary N) is 2. The fourth-order valence-electron chi connectivity index (χ4n) is 2.75. The van der Waals surface area contributed by atoms with E-state index in [1.54, 1.807) is 18.2 Å². The second-order valence-corrected chi connectivity index (χ2v) is 5.58. The number of amides is 2. The molecular formula is C17H21FN2O2. The molecule has 0 bridgehead atoms. The lowest BCUT2D eigenvalue weighted by Gasteiger charge is -2.27. The van der Waals surface area contributed by atoms with Gasteiger partial charge in [-0.05, 0) is 43.9 Å². The number of hydrogen-bond acceptors (Lipinski definition) is 2. The Labute approximate surface area is 129 Å². The molecule has 0 unspecified atom stereocenters. The SMILES string of the molecule is C=CCNC(=O)C1CCC(C(=O)Nc2cccc(F)c2)CC1. The van der Waals surface area contributed by atoms with Crippen molar-refractivity contribution in [3.8, 4) is 0 Å². The monoisotopic (exact) mass is 304 g/mol. The lowest BCUT2D eigenvalue weighted by Crippen LogP contribution is -2.35. The number of anilines is 1.